The van der Waals surface area contributed by atoms with Crippen LogP contribution in [0.25, 0.3) is 5.65 Å². The number of hydrogen-bond donors (Lipinski definition) is 5. The second-order valence-corrected chi connectivity index (χ2v) is 8.08. The van der Waals surface area contributed by atoms with Gasteiger partial charge in [-0.3, -0.25) is 9.59 Å². The van der Waals surface area contributed by atoms with Crippen LogP contribution in [0.15, 0.2) is 35.4 Å². The van der Waals surface area contributed by atoms with Crippen LogP contribution in [0, 0.1) is 0 Å². The van der Waals surface area contributed by atoms with Gasteiger partial charge in [-0.25, -0.2) is 4.98 Å². The molecule has 4 rings (SSSR count). The first-order chi connectivity index (χ1) is 17.0. The van der Waals surface area contributed by atoms with Crippen molar-refractivity contribution in [3.8, 4) is 0 Å². The first kappa shape index (κ1) is 27.8. The fourth-order valence-electron chi connectivity index (χ4n) is 3.87. The van der Waals surface area contributed by atoms with Crippen molar-refractivity contribution in [2.24, 2.45) is 0 Å². The Kier molecular flexibility index (Phi) is 10.7. The van der Waals surface area contributed by atoms with Crippen LogP contribution >= 0.6 is 0 Å². The van der Waals surface area contributed by atoms with Crippen molar-refractivity contribution in [3.63, 3.8) is 0 Å². The Balaban J connectivity index is 0.00000103. The fourth-order valence-corrected chi connectivity index (χ4v) is 3.87. The Morgan fingerprint density at radius 3 is 2.57 bits per heavy atom. The van der Waals surface area contributed by atoms with Gasteiger partial charge in [0.1, 0.15) is 22.9 Å². The fraction of sp³-hybridized carbons (Fsp3) is 0.500. The van der Waals surface area contributed by atoms with Crippen molar-refractivity contribution < 1.29 is 15.0 Å². The van der Waals surface area contributed by atoms with E-state index in [2.05, 4.69) is 33.0 Å². The molecule has 1 amide bonds. The van der Waals surface area contributed by atoms with Crippen LogP contribution in [0.5, 0.6) is 0 Å². The normalized spacial score (nSPS) is 13.5. The van der Waals surface area contributed by atoms with Crippen molar-refractivity contribution >= 4 is 28.9 Å². The van der Waals surface area contributed by atoms with E-state index in [-0.39, 0.29) is 23.6 Å². The average molecular weight is 488 g/mol. The van der Waals surface area contributed by atoms with Gasteiger partial charge in [-0.05, 0) is 44.7 Å². The van der Waals surface area contributed by atoms with Gasteiger partial charge >= 0.3 is 0 Å². The number of carbonyl (C=O) groups is 1. The lowest BCUT2D eigenvalue weighted by molar-refractivity contribution is 0.0940. The molecule has 0 spiro atoms. The first-order valence-electron chi connectivity index (χ1n) is 11.8. The number of carbonyl (C=O) groups excluding carboxylic acids is 1. The third-order valence-corrected chi connectivity index (χ3v) is 5.78. The van der Waals surface area contributed by atoms with Crippen LogP contribution in [0.1, 0.15) is 62.4 Å². The van der Waals surface area contributed by atoms with Gasteiger partial charge in [-0.2, -0.15) is 9.61 Å². The maximum atomic E-state index is 12.9. The Labute approximate surface area is 205 Å². The number of pyridine rings is 1. The molecule has 1 aliphatic rings. The summed E-state index contributed by atoms with van der Waals surface area (Å²) < 4.78 is 3.37. The molecule has 3 aromatic rings. The second kappa shape index (κ2) is 13.4. The highest BCUT2D eigenvalue weighted by Gasteiger charge is 2.22. The highest BCUT2D eigenvalue weighted by atomic mass is 16.2. The highest BCUT2D eigenvalue weighted by molar-refractivity contribution is 6.00. The zero-order valence-electron chi connectivity index (χ0n) is 21.1. The Bertz CT molecular complexity index is 1150. The number of hydrogen-bond acceptors (Lipinski definition) is 8. The molecule has 0 radical (unpaired) electrons. The molecule has 1 saturated carbocycles. The summed E-state index contributed by atoms with van der Waals surface area (Å²) >= 11 is 0. The molecular formula is C24H37N7O4. The average Bonchev–Trinajstić information content (AvgIpc) is 3.27. The number of amides is 1. The number of aliphatic hydroxyl groups excluding tert-OH is 2. The lowest BCUT2D eigenvalue weighted by Crippen LogP contribution is -2.32. The van der Waals surface area contributed by atoms with Crippen LogP contribution in [0.4, 0.5) is 17.3 Å². The molecule has 192 valence electrons. The number of rotatable bonds is 8. The minimum Gasteiger partial charge on any atom is -0.400 e. The van der Waals surface area contributed by atoms with E-state index in [0.717, 1.165) is 46.3 Å². The third-order valence-electron chi connectivity index (χ3n) is 5.78. The number of nitrogens with zero attached hydrogens (tertiary/aromatic N) is 4. The molecule has 5 N–H and O–H groups in total. The lowest BCUT2D eigenvalue weighted by atomic mass is 9.93. The number of aliphatic hydroxyl groups is 2. The quantitative estimate of drug-likeness (QED) is 0.326. The minimum absolute atomic E-state index is 0.0619. The summed E-state index contributed by atoms with van der Waals surface area (Å²) in [4.78, 5) is 30.3. The molecule has 11 nitrogen and oxygen atoms in total. The predicted octanol–water partition coefficient (Wildman–Crippen LogP) is 2.54. The summed E-state index contributed by atoms with van der Waals surface area (Å²) in [5.41, 5.74) is 1.20. The topological polar surface area (TPSA) is 146 Å². The van der Waals surface area contributed by atoms with Gasteiger partial charge in [0.15, 0.2) is 5.65 Å². The SMILES string of the molecule is CCCC(C)NC(=O)c1cnn2c(NC)cc(Nc3cccn(C4CCC4)c3=O)nc12.CO.CO. The van der Waals surface area contributed by atoms with E-state index in [4.69, 9.17) is 10.2 Å². The van der Waals surface area contributed by atoms with Crippen LogP contribution < -0.4 is 21.5 Å². The van der Waals surface area contributed by atoms with E-state index in [1.165, 1.54) is 6.20 Å². The first-order valence-corrected chi connectivity index (χ1v) is 11.8. The lowest BCUT2D eigenvalue weighted by Gasteiger charge is -2.27. The van der Waals surface area contributed by atoms with E-state index in [1.54, 1.807) is 28.3 Å². The molecule has 0 saturated heterocycles. The Hall–Kier alpha value is -3.44. The number of anilines is 3. The van der Waals surface area contributed by atoms with Gasteiger partial charge in [-0.1, -0.05) is 13.3 Å². The Morgan fingerprint density at radius 2 is 1.97 bits per heavy atom. The molecule has 1 fully saturated rings. The maximum Gasteiger partial charge on any atom is 0.274 e. The molecule has 3 aromatic heterocycles. The molecule has 0 aromatic carbocycles. The van der Waals surface area contributed by atoms with Gasteiger partial charge in [0.25, 0.3) is 11.5 Å². The molecular weight excluding hydrogens is 450 g/mol. The van der Waals surface area contributed by atoms with Crippen molar-refractivity contribution in [1.82, 2.24) is 24.5 Å². The molecule has 1 aliphatic carbocycles. The predicted molar refractivity (Wildman–Crippen MR) is 138 cm³/mol. The summed E-state index contributed by atoms with van der Waals surface area (Å²) in [7, 11) is 3.77. The van der Waals surface area contributed by atoms with Crippen LogP contribution in [0.2, 0.25) is 0 Å². The van der Waals surface area contributed by atoms with E-state index in [0.29, 0.717) is 28.5 Å². The smallest absolute Gasteiger partial charge is 0.274 e. The van der Waals surface area contributed by atoms with Crippen molar-refractivity contribution in [2.75, 3.05) is 31.9 Å². The standard InChI is InChI=1S/C22H29N7O2.2CH4O/c1-4-7-14(2)25-21(30)16-13-24-29-19(23-3)12-18(27-20(16)29)26-17-10-6-11-28(22(17)31)15-8-5-9-15;2*1-2/h6,10-15,23H,4-5,7-9H2,1-3H3,(H,25,30)(H,26,27);2*2H,1H3. The highest BCUT2D eigenvalue weighted by Crippen LogP contribution is 2.30. The van der Waals surface area contributed by atoms with E-state index in [1.807, 2.05) is 19.2 Å². The molecule has 1 unspecified atom stereocenters. The van der Waals surface area contributed by atoms with Crippen molar-refractivity contribution in [2.45, 2.75) is 58.0 Å². The third kappa shape index (κ3) is 6.37. The zero-order chi connectivity index (χ0) is 26.0. The van der Waals surface area contributed by atoms with Gasteiger partial charge in [0.05, 0.1) is 6.20 Å². The summed E-state index contributed by atoms with van der Waals surface area (Å²) in [6.07, 6.45) is 8.46. The molecule has 11 heteroatoms. The Morgan fingerprint density at radius 1 is 1.26 bits per heavy atom. The molecule has 35 heavy (non-hydrogen) atoms. The summed E-state index contributed by atoms with van der Waals surface area (Å²) in [6.45, 7) is 4.06. The van der Waals surface area contributed by atoms with Crippen LogP contribution in [0.3, 0.4) is 0 Å². The molecule has 0 aliphatic heterocycles. The largest absolute Gasteiger partial charge is 0.400 e. The maximum absolute atomic E-state index is 12.9. The van der Waals surface area contributed by atoms with Crippen LogP contribution in [-0.4, -0.2) is 62.6 Å². The number of nitrogens with one attached hydrogen (secondary N) is 3. The van der Waals surface area contributed by atoms with Gasteiger partial charge < -0.3 is 30.7 Å². The van der Waals surface area contributed by atoms with E-state index < -0.39 is 0 Å². The van der Waals surface area contributed by atoms with E-state index >= 15 is 0 Å². The van der Waals surface area contributed by atoms with Crippen LogP contribution in [-0.2, 0) is 0 Å². The molecule has 3 heterocycles. The molecule has 0 bridgehead atoms. The second-order valence-electron chi connectivity index (χ2n) is 8.08. The summed E-state index contributed by atoms with van der Waals surface area (Å²) in [6, 6.07) is 5.71. The summed E-state index contributed by atoms with van der Waals surface area (Å²) in [5.74, 6) is 0.912. The minimum atomic E-state index is -0.213. The van der Waals surface area contributed by atoms with Gasteiger partial charge in [0, 0.05) is 45.6 Å². The molecule has 1 atom stereocenters. The monoisotopic (exact) mass is 487 g/mol. The number of aromatic nitrogens is 4. The zero-order valence-corrected chi connectivity index (χ0v) is 21.1. The van der Waals surface area contributed by atoms with Crippen molar-refractivity contribution in [3.05, 3.63) is 46.5 Å². The van der Waals surface area contributed by atoms with E-state index in [9.17, 15) is 9.59 Å². The van der Waals surface area contributed by atoms with Gasteiger partial charge in [-0.15, -0.1) is 0 Å². The van der Waals surface area contributed by atoms with Gasteiger partial charge in [0.2, 0.25) is 0 Å². The van der Waals surface area contributed by atoms with Crippen molar-refractivity contribution in [1.29, 1.82) is 0 Å². The number of fused-ring (bicyclic) bond motifs is 1. The summed E-state index contributed by atoms with van der Waals surface area (Å²) in [5, 5.41) is 27.5.